The quantitative estimate of drug-likeness (QED) is 0.220. The van der Waals surface area contributed by atoms with E-state index < -0.39 is 0 Å². The van der Waals surface area contributed by atoms with Crippen molar-refractivity contribution in [2.75, 3.05) is 0 Å². The predicted molar refractivity (Wildman–Crippen MR) is 92.8 cm³/mol. The average Bonchev–Trinajstić information content (AvgIpc) is 2.46. The highest BCUT2D eigenvalue weighted by Gasteiger charge is 1.99. The van der Waals surface area contributed by atoms with E-state index in [1.165, 1.54) is 62.5 Å². The average molecular weight is 274 g/mol. The molecule has 0 radical (unpaired) electrons. The van der Waals surface area contributed by atoms with Gasteiger partial charge in [-0.3, -0.25) is 0 Å². The monoisotopic (exact) mass is 274 g/mol. The number of hydrogen-bond acceptors (Lipinski definition) is 0. The lowest BCUT2D eigenvalue weighted by atomic mass is 10.00. The lowest BCUT2D eigenvalue weighted by Gasteiger charge is -2.05. The SMILES string of the molecule is C=C(CCCC)/C(C#CCCCC)=C/CCCCCC. The first-order valence-electron chi connectivity index (χ1n) is 8.63. The van der Waals surface area contributed by atoms with Gasteiger partial charge >= 0.3 is 0 Å². The van der Waals surface area contributed by atoms with Crippen LogP contribution < -0.4 is 0 Å². The molecule has 0 aromatic carbocycles. The van der Waals surface area contributed by atoms with Crippen LogP contribution >= 0.6 is 0 Å². The van der Waals surface area contributed by atoms with E-state index in [1.54, 1.807) is 0 Å². The molecule has 0 fully saturated rings. The minimum absolute atomic E-state index is 1.02. The molecule has 114 valence electrons. The highest BCUT2D eigenvalue weighted by molar-refractivity contribution is 5.44. The van der Waals surface area contributed by atoms with Gasteiger partial charge in [-0.2, -0.15) is 0 Å². The third-order valence-electron chi connectivity index (χ3n) is 3.50. The lowest BCUT2D eigenvalue weighted by Crippen LogP contribution is -1.88. The highest BCUT2D eigenvalue weighted by Crippen LogP contribution is 2.16. The molecule has 0 nitrogen and oxygen atoms in total. The maximum Gasteiger partial charge on any atom is 0.0231 e. The standard InChI is InChI=1S/C20H34/c1-5-8-11-13-15-18-20(17-14-12-9-6-2)19(4)16-10-7-3/h18H,4-13,15-16H2,1-3H3/b20-18+. The van der Waals surface area contributed by atoms with Gasteiger partial charge in [0, 0.05) is 12.0 Å². The molecule has 0 spiro atoms. The molecule has 0 aliphatic rings. The predicted octanol–water partition coefficient (Wildman–Crippen LogP) is 6.82. The summed E-state index contributed by atoms with van der Waals surface area (Å²) >= 11 is 0. The third kappa shape index (κ3) is 10.9. The van der Waals surface area contributed by atoms with Crippen molar-refractivity contribution in [1.82, 2.24) is 0 Å². The molecular weight excluding hydrogens is 240 g/mol. The topological polar surface area (TPSA) is 0 Å². The van der Waals surface area contributed by atoms with Crippen molar-refractivity contribution in [1.29, 1.82) is 0 Å². The number of hydrogen-bond donors (Lipinski definition) is 0. The largest absolute Gasteiger partial charge is 0.0979 e. The second-order valence-corrected chi connectivity index (χ2v) is 5.58. The summed E-state index contributed by atoms with van der Waals surface area (Å²) in [6.07, 6.45) is 15.8. The van der Waals surface area contributed by atoms with Crippen LogP contribution in [-0.2, 0) is 0 Å². The van der Waals surface area contributed by atoms with Gasteiger partial charge in [0.25, 0.3) is 0 Å². The van der Waals surface area contributed by atoms with Crippen LogP contribution in [0, 0.1) is 11.8 Å². The molecule has 0 N–H and O–H groups in total. The zero-order chi connectivity index (χ0) is 15.1. The van der Waals surface area contributed by atoms with Crippen molar-refractivity contribution >= 4 is 0 Å². The van der Waals surface area contributed by atoms with E-state index >= 15 is 0 Å². The number of allylic oxidation sites excluding steroid dienone is 3. The van der Waals surface area contributed by atoms with Crippen LogP contribution in [0.4, 0.5) is 0 Å². The maximum absolute atomic E-state index is 4.24. The van der Waals surface area contributed by atoms with Gasteiger partial charge in [-0.05, 0) is 37.7 Å². The van der Waals surface area contributed by atoms with Crippen molar-refractivity contribution in [3.8, 4) is 11.8 Å². The molecule has 0 atom stereocenters. The Labute approximate surface area is 127 Å². The summed E-state index contributed by atoms with van der Waals surface area (Å²) < 4.78 is 0. The van der Waals surface area contributed by atoms with Gasteiger partial charge in [0.05, 0.1) is 0 Å². The van der Waals surface area contributed by atoms with Crippen molar-refractivity contribution in [2.24, 2.45) is 0 Å². The van der Waals surface area contributed by atoms with Crippen LogP contribution in [0.1, 0.15) is 91.4 Å². The van der Waals surface area contributed by atoms with E-state index in [0.29, 0.717) is 0 Å². The Kier molecular flexibility index (Phi) is 13.8. The van der Waals surface area contributed by atoms with Crippen molar-refractivity contribution in [2.45, 2.75) is 91.4 Å². The van der Waals surface area contributed by atoms with Gasteiger partial charge in [-0.15, -0.1) is 0 Å². The van der Waals surface area contributed by atoms with Gasteiger partial charge in [0.15, 0.2) is 0 Å². The van der Waals surface area contributed by atoms with Crippen molar-refractivity contribution < 1.29 is 0 Å². The fourth-order valence-corrected chi connectivity index (χ4v) is 2.05. The molecule has 0 saturated carbocycles. The minimum Gasteiger partial charge on any atom is -0.0979 e. The molecule has 0 aromatic heterocycles. The second-order valence-electron chi connectivity index (χ2n) is 5.58. The normalized spacial score (nSPS) is 11.1. The van der Waals surface area contributed by atoms with Crippen molar-refractivity contribution in [3.05, 3.63) is 23.8 Å². The summed E-state index contributed by atoms with van der Waals surface area (Å²) in [5.74, 6) is 6.68. The van der Waals surface area contributed by atoms with Crippen LogP contribution in [0.15, 0.2) is 23.8 Å². The number of unbranched alkanes of at least 4 members (excludes halogenated alkanes) is 7. The minimum atomic E-state index is 1.02. The van der Waals surface area contributed by atoms with Crippen LogP contribution in [0.25, 0.3) is 0 Å². The van der Waals surface area contributed by atoms with E-state index in [4.69, 9.17) is 0 Å². The zero-order valence-electron chi connectivity index (χ0n) is 14.1. The van der Waals surface area contributed by atoms with Crippen LogP contribution in [0.2, 0.25) is 0 Å². The summed E-state index contributed by atoms with van der Waals surface area (Å²) in [7, 11) is 0. The number of rotatable bonds is 11. The molecule has 0 heterocycles. The first kappa shape index (κ1) is 19.0. The molecule has 0 saturated heterocycles. The Morgan fingerprint density at radius 3 is 2.25 bits per heavy atom. The van der Waals surface area contributed by atoms with E-state index in [-0.39, 0.29) is 0 Å². The van der Waals surface area contributed by atoms with Gasteiger partial charge in [-0.1, -0.05) is 77.4 Å². The summed E-state index contributed by atoms with van der Waals surface area (Å²) in [5.41, 5.74) is 2.46. The molecule has 0 aliphatic heterocycles. The Balaban J connectivity index is 4.38. The summed E-state index contributed by atoms with van der Waals surface area (Å²) in [6.45, 7) is 10.9. The van der Waals surface area contributed by atoms with E-state index in [9.17, 15) is 0 Å². The van der Waals surface area contributed by atoms with Crippen LogP contribution in [-0.4, -0.2) is 0 Å². The molecule has 20 heavy (non-hydrogen) atoms. The van der Waals surface area contributed by atoms with Gasteiger partial charge < -0.3 is 0 Å². The van der Waals surface area contributed by atoms with Crippen LogP contribution in [0.5, 0.6) is 0 Å². The molecule has 0 unspecified atom stereocenters. The van der Waals surface area contributed by atoms with E-state index in [2.05, 4.69) is 45.3 Å². The molecule has 0 bridgehead atoms. The highest BCUT2D eigenvalue weighted by atomic mass is 14.0. The second kappa shape index (κ2) is 14.4. The maximum atomic E-state index is 4.24. The summed E-state index contributed by atoms with van der Waals surface area (Å²) in [4.78, 5) is 0. The summed E-state index contributed by atoms with van der Waals surface area (Å²) in [6, 6.07) is 0. The third-order valence-corrected chi connectivity index (χ3v) is 3.50. The molecule has 0 rings (SSSR count). The molecule has 0 amide bonds. The Morgan fingerprint density at radius 1 is 0.900 bits per heavy atom. The van der Waals surface area contributed by atoms with Crippen LogP contribution in [0.3, 0.4) is 0 Å². The van der Waals surface area contributed by atoms with Gasteiger partial charge in [-0.25, -0.2) is 0 Å². The van der Waals surface area contributed by atoms with Gasteiger partial charge in [0.1, 0.15) is 0 Å². The summed E-state index contributed by atoms with van der Waals surface area (Å²) in [5, 5.41) is 0. The molecule has 0 aromatic rings. The van der Waals surface area contributed by atoms with E-state index in [1.807, 2.05) is 0 Å². The Morgan fingerprint density at radius 2 is 1.60 bits per heavy atom. The van der Waals surface area contributed by atoms with Gasteiger partial charge in [0.2, 0.25) is 0 Å². The molecular formula is C20H34. The van der Waals surface area contributed by atoms with Crippen molar-refractivity contribution in [3.63, 3.8) is 0 Å². The lowest BCUT2D eigenvalue weighted by molar-refractivity contribution is 0.673. The fraction of sp³-hybridized carbons (Fsp3) is 0.700. The van der Waals surface area contributed by atoms with E-state index in [0.717, 1.165) is 19.3 Å². The fourth-order valence-electron chi connectivity index (χ4n) is 2.05. The molecule has 0 aliphatic carbocycles. The first-order valence-corrected chi connectivity index (χ1v) is 8.63. The zero-order valence-corrected chi connectivity index (χ0v) is 14.1. The first-order chi connectivity index (χ1) is 9.76. The Bertz CT molecular complexity index is 322. The smallest absolute Gasteiger partial charge is 0.0231 e. The Hall–Kier alpha value is -0.960. The molecule has 0 heteroatoms.